The van der Waals surface area contributed by atoms with Crippen molar-refractivity contribution in [2.24, 2.45) is 0 Å². The zero-order chi connectivity index (χ0) is 15.8. The van der Waals surface area contributed by atoms with E-state index in [-0.39, 0.29) is 11.9 Å². The molecule has 2 N–H and O–H groups in total. The van der Waals surface area contributed by atoms with E-state index < -0.39 is 0 Å². The summed E-state index contributed by atoms with van der Waals surface area (Å²) in [5, 5.41) is 3.50. The van der Waals surface area contributed by atoms with Gasteiger partial charge in [-0.25, -0.2) is 4.98 Å². The Labute approximate surface area is 133 Å². The molecule has 0 saturated heterocycles. The van der Waals surface area contributed by atoms with Gasteiger partial charge in [-0.05, 0) is 25.5 Å². The third-order valence-corrected chi connectivity index (χ3v) is 3.77. The van der Waals surface area contributed by atoms with Crippen molar-refractivity contribution in [3.8, 4) is 0 Å². The van der Waals surface area contributed by atoms with Gasteiger partial charge in [-0.15, -0.1) is 0 Å². The molecule has 2 aromatic rings. The Hall–Kier alpha value is -2.02. The highest BCUT2D eigenvalue weighted by Crippen LogP contribution is 2.18. The predicted molar refractivity (Wildman–Crippen MR) is 85.7 cm³/mol. The molecule has 0 radical (unpaired) electrons. The Morgan fingerprint density at radius 1 is 1.36 bits per heavy atom. The lowest BCUT2D eigenvalue weighted by atomic mass is 10.3. The molecule has 0 atom stereocenters. The van der Waals surface area contributed by atoms with E-state index in [9.17, 15) is 9.59 Å². The molecular weight excluding hydrogens is 302 g/mol. The van der Waals surface area contributed by atoms with Crippen LogP contribution in [0.1, 0.15) is 19.8 Å². The fourth-order valence-electron chi connectivity index (χ4n) is 1.88. The van der Waals surface area contributed by atoms with Gasteiger partial charge in [-0.1, -0.05) is 23.9 Å². The molecule has 118 valence electrons. The summed E-state index contributed by atoms with van der Waals surface area (Å²) in [6, 6.07) is 7.73. The number of ether oxygens (including phenoxy) is 1. The van der Waals surface area contributed by atoms with Gasteiger partial charge in [0.25, 0.3) is 0 Å². The molecule has 1 aromatic heterocycles. The number of hydrogen-bond acceptors (Lipinski definition) is 5. The number of imidazole rings is 1. The monoisotopic (exact) mass is 321 g/mol. The number of thioether (sulfide) groups is 1. The van der Waals surface area contributed by atoms with E-state index in [0.29, 0.717) is 31.7 Å². The van der Waals surface area contributed by atoms with Crippen LogP contribution in [0.5, 0.6) is 0 Å². The van der Waals surface area contributed by atoms with Crippen LogP contribution < -0.4 is 5.32 Å². The number of carbonyl (C=O) groups is 2. The Kier molecular flexibility index (Phi) is 6.27. The second-order valence-corrected chi connectivity index (χ2v) is 5.57. The number of para-hydroxylation sites is 2. The molecule has 0 fully saturated rings. The molecule has 0 aliphatic heterocycles. The first kappa shape index (κ1) is 16.4. The number of carbonyl (C=O) groups excluding carboxylic acids is 2. The summed E-state index contributed by atoms with van der Waals surface area (Å²) in [7, 11) is 0. The van der Waals surface area contributed by atoms with Crippen molar-refractivity contribution in [1.29, 1.82) is 0 Å². The van der Waals surface area contributed by atoms with E-state index in [4.69, 9.17) is 4.74 Å². The van der Waals surface area contributed by atoms with Crippen LogP contribution in [0, 0.1) is 0 Å². The molecule has 0 spiro atoms. The Morgan fingerprint density at radius 3 is 2.95 bits per heavy atom. The molecule has 0 saturated carbocycles. The third-order valence-electron chi connectivity index (χ3n) is 2.89. The number of hydrogen-bond donors (Lipinski definition) is 2. The van der Waals surface area contributed by atoms with E-state index in [1.54, 1.807) is 6.92 Å². The summed E-state index contributed by atoms with van der Waals surface area (Å²) >= 11 is 1.36. The number of aromatic amines is 1. The minimum atomic E-state index is -0.228. The van der Waals surface area contributed by atoms with Crippen LogP contribution in [0.25, 0.3) is 11.0 Å². The second kappa shape index (κ2) is 8.43. The average molecular weight is 321 g/mol. The first-order valence-corrected chi connectivity index (χ1v) is 8.17. The normalized spacial score (nSPS) is 10.6. The van der Waals surface area contributed by atoms with Crippen molar-refractivity contribution in [3.63, 3.8) is 0 Å². The van der Waals surface area contributed by atoms with Gasteiger partial charge < -0.3 is 15.0 Å². The number of aromatic nitrogens is 2. The average Bonchev–Trinajstić information content (AvgIpc) is 2.93. The summed E-state index contributed by atoms with van der Waals surface area (Å²) < 4.78 is 4.81. The lowest BCUT2D eigenvalue weighted by Crippen LogP contribution is -2.26. The minimum absolute atomic E-state index is 0.0747. The van der Waals surface area contributed by atoms with Gasteiger partial charge >= 0.3 is 5.97 Å². The van der Waals surface area contributed by atoms with Crippen LogP contribution in [0.2, 0.25) is 0 Å². The van der Waals surface area contributed by atoms with E-state index in [1.807, 2.05) is 24.3 Å². The highest BCUT2D eigenvalue weighted by atomic mass is 32.2. The molecule has 1 heterocycles. The number of nitrogens with one attached hydrogen (secondary N) is 2. The first-order chi connectivity index (χ1) is 10.7. The van der Waals surface area contributed by atoms with Crippen LogP contribution in [-0.2, 0) is 14.3 Å². The standard InChI is InChI=1S/C15H19N3O3S/c1-2-21-14(20)8-5-9-16-13(19)10-22-15-17-11-6-3-4-7-12(11)18-15/h3-4,6-7H,2,5,8-10H2,1H3,(H,16,19)(H,17,18). The summed E-state index contributed by atoms with van der Waals surface area (Å²) in [6.45, 7) is 2.63. The molecule has 2 rings (SSSR count). The Morgan fingerprint density at radius 2 is 2.18 bits per heavy atom. The number of fused-ring (bicyclic) bond motifs is 1. The quantitative estimate of drug-likeness (QED) is 0.442. The number of benzene rings is 1. The van der Waals surface area contributed by atoms with Gasteiger partial charge in [0.2, 0.25) is 5.91 Å². The lowest BCUT2D eigenvalue weighted by Gasteiger charge is -2.04. The van der Waals surface area contributed by atoms with Gasteiger partial charge in [0, 0.05) is 13.0 Å². The highest BCUT2D eigenvalue weighted by molar-refractivity contribution is 7.99. The van der Waals surface area contributed by atoms with Gasteiger partial charge in [0.05, 0.1) is 23.4 Å². The molecule has 7 heteroatoms. The molecule has 0 unspecified atom stereocenters. The van der Waals surface area contributed by atoms with Crippen molar-refractivity contribution in [2.45, 2.75) is 24.9 Å². The molecular formula is C15H19N3O3S. The summed E-state index contributed by atoms with van der Waals surface area (Å²) in [6.07, 6.45) is 0.907. The van der Waals surface area contributed by atoms with Crippen molar-refractivity contribution < 1.29 is 14.3 Å². The minimum Gasteiger partial charge on any atom is -0.466 e. The highest BCUT2D eigenvalue weighted by Gasteiger charge is 2.07. The number of nitrogens with zero attached hydrogens (tertiary/aromatic N) is 1. The van der Waals surface area contributed by atoms with Gasteiger partial charge in [-0.3, -0.25) is 9.59 Å². The molecule has 0 aliphatic rings. The van der Waals surface area contributed by atoms with Crippen molar-refractivity contribution in [2.75, 3.05) is 18.9 Å². The fraction of sp³-hybridized carbons (Fsp3) is 0.400. The Balaban J connectivity index is 1.66. The van der Waals surface area contributed by atoms with Crippen molar-refractivity contribution >= 4 is 34.7 Å². The lowest BCUT2D eigenvalue weighted by molar-refractivity contribution is -0.143. The van der Waals surface area contributed by atoms with Crippen LogP contribution in [-0.4, -0.2) is 40.7 Å². The van der Waals surface area contributed by atoms with Gasteiger partial charge in [0.1, 0.15) is 0 Å². The van der Waals surface area contributed by atoms with Crippen molar-refractivity contribution in [1.82, 2.24) is 15.3 Å². The van der Waals surface area contributed by atoms with Crippen LogP contribution in [0.3, 0.4) is 0 Å². The van der Waals surface area contributed by atoms with E-state index in [1.165, 1.54) is 11.8 Å². The van der Waals surface area contributed by atoms with E-state index in [2.05, 4.69) is 15.3 Å². The topological polar surface area (TPSA) is 84.1 Å². The molecule has 1 aromatic carbocycles. The number of H-pyrrole nitrogens is 1. The molecule has 6 nitrogen and oxygen atoms in total. The fourth-order valence-corrected chi connectivity index (χ4v) is 2.59. The van der Waals surface area contributed by atoms with Gasteiger partial charge in [-0.2, -0.15) is 0 Å². The maximum Gasteiger partial charge on any atom is 0.305 e. The molecule has 0 bridgehead atoms. The molecule has 22 heavy (non-hydrogen) atoms. The van der Waals surface area contributed by atoms with Crippen LogP contribution in [0.15, 0.2) is 29.4 Å². The smallest absolute Gasteiger partial charge is 0.305 e. The zero-order valence-corrected chi connectivity index (χ0v) is 13.2. The zero-order valence-electron chi connectivity index (χ0n) is 12.4. The number of rotatable bonds is 8. The van der Waals surface area contributed by atoms with E-state index >= 15 is 0 Å². The summed E-state index contributed by atoms with van der Waals surface area (Å²) in [5.41, 5.74) is 1.85. The third kappa shape index (κ3) is 5.07. The number of amides is 1. The van der Waals surface area contributed by atoms with Crippen molar-refractivity contribution in [3.05, 3.63) is 24.3 Å². The van der Waals surface area contributed by atoms with Crippen LogP contribution in [0.4, 0.5) is 0 Å². The molecule has 1 amide bonds. The Bertz CT molecular complexity index is 609. The number of esters is 1. The van der Waals surface area contributed by atoms with Gasteiger partial charge in [0.15, 0.2) is 5.16 Å². The summed E-state index contributed by atoms with van der Waals surface area (Å²) in [4.78, 5) is 30.4. The van der Waals surface area contributed by atoms with E-state index in [0.717, 1.165) is 16.2 Å². The second-order valence-electron chi connectivity index (χ2n) is 4.61. The SMILES string of the molecule is CCOC(=O)CCCNC(=O)CSc1nc2ccccc2[nH]1. The first-order valence-electron chi connectivity index (χ1n) is 7.19. The summed E-state index contributed by atoms with van der Waals surface area (Å²) in [5.74, 6) is -0.0121. The predicted octanol–water partition coefficient (Wildman–Crippen LogP) is 2.11. The van der Waals surface area contributed by atoms with Crippen LogP contribution >= 0.6 is 11.8 Å². The largest absolute Gasteiger partial charge is 0.466 e. The maximum atomic E-state index is 11.7. The molecule has 0 aliphatic carbocycles. The maximum absolute atomic E-state index is 11.7.